The molecule has 0 spiro atoms. The Hall–Kier alpha value is -2.36. The molecule has 0 aliphatic heterocycles. The maximum absolute atomic E-state index is 13.4. The maximum Gasteiger partial charge on any atom is 0.319 e. The first-order valence-corrected chi connectivity index (χ1v) is 6.86. The summed E-state index contributed by atoms with van der Waals surface area (Å²) in [5, 5.41) is 5.46. The predicted octanol–water partition coefficient (Wildman–Crippen LogP) is 4.33. The molecular weight excluding hydrogens is 267 g/mol. The van der Waals surface area contributed by atoms with Crippen molar-refractivity contribution in [3.63, 3.8) is 0 Å². The second-order valence-electron chi connectivity index (χ2n) is 5.19. The summed E-state index contributed by atoms with van der Waals surface area (Å²) in [5.74, 6) is -0.334. The van der Waals surface area contributed by atoms with Gasteiger partial charge in [-0.05, 0) is 44.0 Å². The molecule has 0 saturated heterocycles. The highest BCUT2D eigenvalue weighted by molar-refractivity contribution is 5.89. The number of nitrogens with one attached hydrogen (secondary N) is 2. The van der Waals surface area contributed by atoms with Gasteiger partial charge in [0.05, 0.1) is 6.04 Å². The van der Waals surface area contributed by atoms with Gasteiger partial charge in [-0.2, -0.15) is 0 Å². The SMILES string of the molecule is Cc1ccc(C(C)NC(=O)Nc2ccc(C)c(F)c2)cc1. The summed E-state index contributed by atoms with van der Waals surface area (Å²) in [6.45, 7) is 5.60. The highest BCUT2D eigenvalue weighted by atomic mass is 19.1. The largest absolute Gasteiger partial charge is 0.331 e. The van der Waals surface area contributed by atoms with E-state index in [1.807, 2.05) is 38.1 Å². The van der Waals surface area contributed by atoms with Gasteiger partial charge in [-0.1, -0.05) is 35.9 Å². The van der Waals surface area contributed by atoms with Gasteiger partial charge in [-0.15, -0.1) is 0 Å². The van der Waals surface area contributed by atoms with E-state index in [-0.39, 0.29) is 17.9 Å². The number of hydrogen-bond acceptors (Lipinski definition) is 1. The number of aryl methyl sites for hydroxylation is 2. The molecule has 3 nitrogen and oxygen atoms in total. The van der Waals surface area contributed by atoms with E-state index in [4.69, 9.17) is 0 Å². The predicted molar refractivity (Wildman–Crippen MR) is 82.9 cm³/mol. The molecule has 2 amide bonds. The summed E-state index contributed by atoms with van der Waals surface area (Å²) in [6.07, 6.45) is 0. The van der Waals surface area contributed by atoms with Crippen molar-refractivity contribution in [3.8, 4) is 0 Å². The van der Waals surface area contributed by atoms with Crippen LogP contribution in [0.1, 0.15) is 29.7 Å². The van der Waals surface area contributed by atoms with Crippen molar-refractivity contribution in [1.29, 1.82) is 0 Å². The van der Waals surface area contributed by atoms with Crippen LogP contribution in [-0.2, 0) is 0 Å². The highest BCUT2D eigenvalue weighted by Crippen LogP contribution is 2.15. The standard InChI is InChI=1S/C17H19FN2O/c1-11-4-7-14(8-5-11)13(3)19-17(21)20-15-9-6-12(2)16(18)10-15/h4-10,13H,1-3H3,(H2,19,20,21). The van der Waals surface area contributed by atoms with Crippen molar-refractivity contribution in [2.75, 3.05) is 5.32 Å². The van der Waals surface area contributed by atoms with Crippen molar-refractivity contribution in [3.05, 3.63) is 65.0 Å². The molecule has 21 heavy (non-hydrogen) atoms. The lowest BCUT2D eigenvalue weighted by molar-refractivity contribution is 0.249. The number of anilines is 1. The summed E-state index contributed by atoms with van der Waals surface area (Å²) in [5.41, 5.74) is 3.18. The average Bonchev–Trinajstić information content (AvgIpc) is 2.43. The van der Waals surface area contributed by atoms with Crippen LogP contribution < -0.4 is 10.6 Å². The molecule has 1 atom stereocenters. The molecule has 4 heteroatoms. The highest BCUT2D eigenvalue weighted by Gasteiger charge is 2.10. The molecule has 0 aromatic heterocycles. The zero-order valence-electron chi connectivity index (χ0n) is 12.4. The van der Waals surface area contributed by atoms with Crippen LogP contribution in [-0.4, -0.2) is 6.03 Å². The Bertz CT molecular complexity index is 638. The lowest BCUT2D eigenvalue weighted by atomic mass is 10.1. The molecule has 0 radical (unpaired) electrons. The van der Waals surface area contributed by atoms with Crippen LogP contribution in [0.25, 0.3) is 0 Å². The van der Waals surface area contributed by atoms with Gasteiger partial charge in [0.1, 0.15) is 5.82 Å². The van der Waals surface area contributed by atoms with E-state index >= 15 is 0 Å². The molecule has 0 saturated carbocycles. The van der Waals surface area contributed by atoms with Gasteiger partial charge in [-0.3, -0.25) is 0 Å². The van der Waals surface area contributed by atoms with Crippen molar-refractivity contribution in [2.24, 2.45) is 0 Å². The third-order valence-corrected chi connectivity index (χ3v) is 3.35. The van der Waals surface area contributed by atoms with Crippen LogP contribution in [0.4, 0.5) is 14.9 Å². The van der Waals surface area contributed by atoms with Crippen molar-refractivity contribution in [2.45, 2.75) is 26.8 Å². The molecule has 2 aromatic carbocycles. The maximum atomic E-state index is 13.4. The topological polar surface area (TPSA) is 41.1 Å². The molecule has 0 heterocycles. The summed E-state index contributed by atoms with van der Waals surface area (Å²) in [4.78, 5) is 11.9. The molecule has 0 aliphatic carbocycles. The minimum atomic E-state index is -0.355. The van der Waals surface area contributed by atoms with Crippen LogP contribution in [0.3, 0.4) is 0 Å². The first-order valence-electron chi connectivity index (χ1n) is 6.86. The number of amides is 2. The van der Waals surface area contributed by atoms with E-state index in [1.165, 1.54) is 11.6 Å². The summed E-state index contributed by atoms with van der Waals surface area (Å²) >= 11 is 0. The number of halogens is 1. The van der Waals surface area contributed by atoms with Crippen LogP contribution in [0.15, 0.2) is 42.5 Å². The van der Waals surface area contributed by atoms with Crippen LogP contribution in [0.5, 0.6) is 0 Å². The number of rotatable bonds is 3. The number of urea groups is 1. The van der Waals surface area contributed by atoms with Crippen molar-refractivity contribution in [1.82, 2.24) is 5.32 Å². The number of carbonyl (C=O) groups excluding carboxylic acids is 1. The Morgan fingerprint density at radius 2 is 1.76 bits per heavy atom. The number of carbonyl (C=O) groups is 1. The fraction of sp³-hybridized carbons (Fsp3) is 0.235. The second kappa shape index (κ2) is 6.39. The molecule has 0 fully saturated rings. The first-order chi connectivity index (χ1) is 9.95. The molecule has 2 rings (SSSR count). The van der Waals surface area contributed by atoms with Gasteiger partial charge in [0, 0.05) is 5.69 Å². The van der Waals surface area contributed by atoms with Gasteiger partial charge in [-0.25, -0.2) is 9.18 Å². The smallest absolute Gasteiger partial charge is 0.319 e. The Kier molecular flexibility index (Phi) is 4.58. The molecule has 110 valence electrons. The molecule has 0 aliphatic rings. The molecular formula is C17H19FN2O. The molecule has 1 unspecified atom stereocenters. The van der Waals surface area contributed by atoms with Gasteiger partial charge in [0.25, 0.3) is 0 Å². The van der Waals surface area contributed by atoms with Gasteiger partial charge in [0.2, 0.25) is 0 Å². The normalized spacial score (nSPS) is 11.8. The minimum Gasteiger partial charge on any atom is -0.331 e. The lowest BCUT2D eigenvalue weighted by Gasteiger charge is -2.15. The Labute approximate surface area is 124 Å². The first kappa shape index (κ1) is 15.0. The van der Waals surface area contributed by atoms with E-state index < -0.39 is 0 Å². The summed E-state index contributed by atoms with van der Waals surface area (Å²) in [7, 11) is 0. The zero-order chi connectivity index (χ0) is 15.4. The zero-order valence-corrected chi connectivity index (χ0v) is 12.4. The number of hydrogen-bond donors (Lipinski definition) is 2. The Balaban J connectivity index is 1.97. The van der Waals surface area contributed by atoms with E-state index in [1.54, 1.807) is 19.1 Å². The van der Waals surface area contributed by atoms with E-state index in [0.717, 1.165) is 5.56 Å². The lowest BCUT2D eigenvalue weighted by Crippen LogP contribution is -2.31. The van der Waals surface area contributed by atoms with Gasteiger partial charge >= 0.3 is 6.03 Å². The van der Waals surface area contributed by atoms with Crippen molar-refractivity contribution < 1.29 is 9.18 Å². The molecule has 0 bridgehead atoms. The second-order valence-corrected chi connectivity index (χ2v) is 5.19. The van der Waals surface area contributed by atoms with Crippen LogP contribution in [0.2, 0.25) is 0 Å². The fourth-order valence-electron chi connectivity index (χ4n) is 1.97. The minimum absolute atomic E-state index is 0.124. The summed E-state index contributed by atoms with van der Waals surface area (Å²) < 4.78 is 13.4. The quantitative estimate of drug-likeness (QED) is 0.866. The van der Waals surface area contributed by atoms with E-state index in [9.17, 15) is 9.18 Å². The Morgan fingerprint density at radius 3 is 2.38 bits per heavy atom. The third kappa shape index (κ3) is 4.05. The number of benzene rings is 2. The Morgan fingerprint density at radius 1 is 1.10 bits per heavy atom. The molecule has 2 N–H and O–H groups in total. The third-order valence-electron chi connectivity index (χ3n) is 3.35. The molecule has 2 aromatic rings. The van der Waals surface area contributed by atoms with E-state index in [2.05, 4.69) is 10.6 Å². The summed E-state index contributed by atoms with van der Waals surface area (Å²) in [6, 6.07) is 12.1. The average molecular weight is 286 g/mol. The van der Waals surface area contributed by atoms with Gasteiger partial charge in [0.15, 0.2) is 0 Å². The van der Waals surface area contributed by atoms with Crippen LogP contribution in [0, 0.1) is 19.7 Å². The monoisotopic (exact) mass is 286 g/mol. The van der Waals surface area contributed by atoms with Crippen LogP contribution >= 0.6 is 0 Å². The fourth-order valence-corrected chi connectivity index (χ4v) is 1.97. The van der Waals surface area contributed by atoms with E-state index in [0.29, 0.717) is 11.3 Å². The van der Waals surface area contributed by atoms with Gasteiger partial charge < -0.3 is 10.6 Å². The van der Waals surface area contributed by atoms with Crippen molar-refractivity contribution >= 4 is 11.7 Å².